The zero-order valence-electron chi connectivity index (χ0n) is 10.4. The van der Waals surface area contributed by atoms with Crippen LogP contribution in [0.3, 0.4) is 0 Å². The minimum absolute atomic E-state index is 0.0622. The minimum Gasteiger partial charge on any atom is -0.354 e. The Morgan fingerprint density at radius 1 is 1.44 bits per heavy atom. The van der Waals surface area contributed by atoms with Crippen LogP contribution in [0.15, 0.2) is 0 Å². The second-order valence-electron chi connectivity index (χ2n) is 4.96. The molecule has 94 valence electrons. The van der Waals surface area contributed by atoms with E-state index in [1.807, 2.05) is 11.8 Å². The first-order valence-corrected chi connectivity index (χ1v) is 8.12. The summed E-state index contributed by atoms with van der Waals surface area (Å²) in [6.07, 6.45) is 7.24. The van der Waals surface area contributed by atoms with Gasteiger partial charge in [0, 0.05) is 11.3 Å². The average Bonchev–Trinajstić information content (AvgIpc) is 2.74. The number of amides is 1. The zero-order chi connectivity index (χ0) is 12.2. The van der Waals surface area contributed by atoms with Crippen molar-refractivity contribution in [2.24, 2.45) is 5.92 Å². The van der Waals surface area contributed by atoms with Crippen molar-refractivity contribution in [1.29, 1.82) is 0 Å². The van der Waals surface area contributed by atoms with Crippen molar-refractivity contribution >= 4 is 33.6 Å². The molecule has 4 heteroatoms. The number of nitrogens with one attached hydrogen (secondary N) is 1. The van der Waals surface area contributed by atoms with E-state index in [-0.39, 0.29) is 10.7 Å². The molecule has 0 aromatic heterocycles. The number of hydrogen-bond acceptors (Lipinski definition) is 2. The fourth-order valence-corrected chi connectivity index (χ4v) is 3.20. The van der Waals surface area contributed by atoms with Crippen LogP contribution in [-0.2, 0) is 4.79 Å². The molecule has 1 aliphatic rings. The highest BCUT2D eigenvalue weighted by atomic mass is 79.9. The molecule has 1 amide bonds. The van der Waals surface area contributed by atoms with Crippen LogP contribution in [0.2, 0.25) is 0 Å². The Kier molecular flexibility index (Phi) is 5.65. The molecule has 0 aromatic carbocycles. The lowest BCUT2D eigenvalue weighted by Crippen LogP contribution is -2.42. The lowest BCUT2D eigenvalue weighted by atomic mass is 10.1. The van der Waals surface area contributed by atoms with Crippen molar-refractivity contribution in [1.82, 2.24) is 5.32 Å². The van der Waals surface area contributed by atoms with Crippen LogP contribution in [0.4, 0.5) is 0 Å². The molecular formula is C12H22BrNOS. The van der Waals surface area contributed by atoms with Crippen molar-refractivity contribution < 1.29 is 4.79 Å². The van der Waals surface area contributed by atoms with Gasteiger partial charge in [0.25, 0.3) is 0 Å². The summed E-state index contributed by atoms with van der Waals surface area (Å²) in [5.41, 5.74) is 0. The molecule has 1 fully saturated rings. The third kappa shape index (κ3) is 3.66. The molecule has 1 aliphatic carbocycles. The largest absolute Gasteiger partial charge is 0.354 e. The van der Waals surface area contributed by atoms with Gasteiger partial charge in [-0.25, -0.2) is 0 Å². The SMILES string of the molecule is CSC1(CNC(=O)C(Br)C(C)C)CCCC1. The van der Waals surface area contributed by atoms with E-state index in [1.54, 1.807) is 0 Å². The summed E-state index contributed by atoms with van der Waals surface area (Å²) in [5, 5.41) is 3.09. The molecule has 0 heterocycles. The van der Waals surface area contributed by atoms with Gasteiger partial charge >= 0.3 is 0 Å². The molecule has 1 atom stereocenters. The molecule has 1 N–H and O–H groups in total. The summed E-state index contributed by atoms with van der Waals surface area (Å²) in [6, 6.07) is 0. The molecular weight excluding hydrogens is 286 g/mol. The molecule has 0 bridgehead atoms. The summed E-state index contributed by atoms with van der Waals surface area (Å²) >= 11 is 5.35. The summed E-state index contributed by atoms with van der Waals surface area (Å²) in [7, 11) is 0. The van der Waals surface area contributed by atoms with Crippen molar-refractivity contribution in [2.45, 2.75) is 49.1 Å². The van der Waals surface area contributed by atoms with Gasteiger partial charge in [0.2, 0.25) is 5.91 Å². The maximum absolute atomic E-state index is 11.8. The number of rotatable bonds is 5. The Balaban J connectivity index is 2.41. The van der Waals surface area contributed by atoms with E-state index in [0.717, 1.165) is 6.54 Å². The van der Waals surface area contributed by atoms with Gasteiger partial charge in [0.05, 0.1) is 4.83 Å². The number of alkyl halides is 1. The number of thioether (sulfide) groups is 1. The van der Waals surface area contributed by atoms with Crippen LogP contribution in [0.25, 0.3) is 0 Å². The van der Waals surface area contributed by atoms with E-state index < -0.39 is 0 Å². The van der Waals surface area contributed by atoms with Gasteiger partial charge in [-0.05, 0) is 25.0 Å². The van der Waals surface area contributed by atoms with Crippen LogP contribution < -0.4 is 5.32 Å². The third-order valence-electron chi connectivity index (χ3n) is 3.37. The predicted molar refractivity (Wildman–Crippen MR) is 75.3 cm³/mol. The normalized spacial score (nSPS) is 21.1. The highest BCUT2D eigenvalue weighted by molar-refractivity contribution is 9.10. The van der Waals surface area contributed by atoms with Crippen molar-refractivity contribution in [3.05, 3.63) is 0 Å². The first-order valence-electron chi connectivity index (χ1n) is 5.98. The van der Waals surface area contributed by atoms with Crippen LogP contribution in [0.1, 0.15) is 39.5 Å². The Morgan fingerprint density at radius 3 is 2.44 bits per heavy atom. The standard InChI is InChI=1S/C12H22BrNOS/c1-9(2)10(13)11(15)14-8-12(16-3)6-4-5-7-12/h9-10H,4-8H2,1-3H3,(H,14,15). The lowest BCUT2D eigenvalue weighted by molar-refractivity contribution is -0.121. The molecule has 0 aliphatic heterocycles. The fraction of sp³-hybridized carbons (Fsp3) is 0.917. The van der Waals surface area contributed by atoms with Crippen molar-refractivity contribution in [2.75, 3.05) is 12.8 Å². The summed E-state index contributed by atoms with van der Waals surface area (Å²) in [4.78, 5) is 11.8. The summed E-state index contributed by atoms with van der Waals surface area (Å²) in [5.74, 6) is 0.476. The molecule has 16 heavy (non-hydrogen) atoms. The molecule has 1 unspecified atom stereocenters. The van der Waals surface area contributed by atoms with Gasteiger partial charge in [-0.15, -0.1) is 0 Å². The topological polar surface area (TPSA) is 29.1 Å². The third-order valence-corrected chi connectivity index (χ3v) is 6.26. The minimum atomic E-state index is -0.0622. The van der Waals surface area contributed by atoms with Crippen LogP contribution in [-0.4, -0.2) is 28.3 Å². The average molecular weight is 308 g/mol. The molecule has 0 radical (unpaired) electrons. The van der Waals surface area contributed by atoms with Crippen LogP contribution in [0.5, 0.6) is 0 Å². The van der Waals surface area contributed by atoms with Crippen molar-refractivity contribution in [3.8, 4) is 0 Å². The predicted octanol–water partition coefficient (Wildman–Crippen LogP) is 3.20. The highest BCUT2D eigenvalue weighted by Crippen LogP contribution is 2.39. The van der Waals surface area contributed by atoms with Gasteiger partial charge in [-0.2, -0.15) is 11.8 Å². The van der Waals surface area contributed by atoms with E-state index in [0.29, 0.717) is 10.7 Å². The molecule has 1 rings (SSSR count). The lowest BCUT2D eigenvalue weighted by Gasteiger charge is -2.27. The van der Waals surface area contributed by atoms with E-state index in [2.05, 4.69) is 41.3 Å². The summed E-state index contributed by atoms with van der Waals surface area (Å²) in [6.45, 7) is 4.93. The number of carbonyl (C=O) groups excluding carboxylic acids is 1. The molecule has 2 nitrogen and oxygen atoms in total. The Labute approximate surface area is 111 Å². The van der Waals surface area contributed by atoms with E-state index in [1.165, 1.54) is 25.7 Å². The van der Waals surface area contributed by atoms with Gasteiger partial charge in [0.15, 0.2) is 0 Å². The van der Waals surface area contributed by atoms with E-state index in [4.69, 9.17) is 0 Å². The molecule has 0 spiro atoms. The maximum Gasteiger partial charge on any atom is 0.234 e. The zero-order valence-corrected chi connectivity index (χ0v) is 12.8. The molecule has 1 saturated carbocycles. The van der Waals surface area contributed by atoms with Gasteiger partial charge in [-0.1, -0.05) is 42.6 Å². The van der Waals surface area contributed by atoms with E-state index >= 15 is 0 Å². The molecule has 0 aromatic rings. The second kappa shape index (κ2) is 6.29. The highest BCUT2D eigenvalue weighted by Gasteiger charge is 2.33. The van der Waals surface area contributed by atoms with Gasteiger partial charge in [-0.3, -0.25) is 4.79 Å². The first kappa shape index (κ1) is 14.4. The number of halogens is 1. The monoisotopic (exact) mass is 307 g/mol. The number of hydrogen-bond donors (Lipinski definition) is 1. The smallest absolute Gasteiger partial charge is 0.234 e. The quantitative estimate of drug-likeness (QED) is 0.790. The number of carbonyl (C=O) groups is 1. The van der Waals surface area contributed by atoms with Gasteiger partial charge in [0.1, 0.15) is 0 Å². The Hall–Kier alpha value is 0.300. The summed E-state index contributed by atoms with van der Waals surface area (Å²) < 4.78 is 0.305. The first-order chi connectivity index (χ1) is 7.51. The van der Waals surface area contributed by atoms with E-state index in [9.17, 15) is 4.79 Å². The maximum atomic E-state index is 11.8. The Morgan fingerprint density at radius 2 is 2.00 bits per heavy atom. The Bertz CT molecular complexity index is 239. The molecule has 0 saturated heterocycles. The van der Waals surface area contributed by atoms with Crippen LogP contribution >= 0.6 is 27.7 Å². The van der Waals surface area contributed by atoms with Crippen molar-refractivity contribution in [3.63, 3.8) is 0 Å². The fourth-order valence-electron chi connectivity index (χ4n) is 2.12. The van der Waals surface area contributed by atoms with Gasteiger partial charge < -0.3 is 5.32 Å². The second-order valence-corrected chi connectivity index (χ2v) is 7.22. The van der Waals surface area contributed by atoms with Crippen LogP contribution in [0, 0.1) is 5.92 Å².